The zero-order chi connectivity index (χ0) is 11.8. The van der Waals surface area contributed by atoms with Crippen LogP contribution in [0.25, 0.3) is 0 Å². The molecule has 0 amide bonds. The molecular weight excluding hydrogens is 212 g/mol. The van der Waals surface area contributed by atoms with E-state index in [0.29, 0.717) is 0 Å². The van der Waals surface area contributed by atoms with Crippen LogP contribution in [0.1, 0.15) is 44.9 Å². The van der Waals surface area contributed by atoms with Crippen molar-refractivity contribution in [2.75, 3.05) is 39.4 Å². The van der Waals surface area contributed by atoms with E-state index < -0.39 is 0 Å². The highest BCUT2D eigenvalue weighted by Gasteiger charge is 2.12. The minimum Gasteiger partial charge on any atom is -0.379 e. The van der Waals surface area contributed by atoms with Crippen LogP contribution in [0.3, 0.4) is 0 Å². The third kappa shape index (κ3) is 5.36. The zero-order valence-electron chi connectivity index (χ0n) is 11.1. The summed E-state index contributed by atoms with van der Waals surface area (Å²) in [7, 11) is 0. The van der Waals surface area contributed by atoms with Gasteiger partial charge in [-0.1, -0.05) is 25.7 Å². The molecule has 1 heterocycles. The van der Waals surface area contributed by atoms with Crippen molar-refractivity contribution in [3.05, 3.63) is 0 Å². The average Bonchev–Trinajstić information content (AvgIpc) is 2.65. The Morgan fingerprint density at radius 3 is 2.41 bits per heavy atom. The van der Waals surface area contributed by atoms with E-state index in [9.17, 15) is 0 Å². The number of nitrogens with one attached hydrogen (secondary N) is 1. The van der Waals surface area contributed by atoms with E-state index in [1.54, 1.807) is 0 Å². The third-order valence-corrected chi connectivity index (χ3v) is 4.04. The lowest BCUT2D eigenvalue weighted by Crippen LogP contribution is -2.38. The van der Waals surface area contributed by atoms with Gasteiger partial charge in [0.25, 0.3) is 0 Å². The van der Waals surface area contributed by atoms with E-state index >= 15 is 0 Å². The minimum absolute atomic E-state index is 0.808. The molecule has 0 bridgehead atoms. The van der Waals surface area contributed by atoms with Gasteiger partial charge < -0.3 is 10.1 Å². The Hall–Kier alpha value is -0.120. The van der Waals surface area contributed by atoms with Crippen LogP contribution in [-0.2, 0) is 4.74 Å². The molecule has 2 fully saturated rings. The Balaban J connectivity index is 1.49. The van der Waals surface area contributed by atoms with Gasteiger partial charge in [0.2, 0.25) is 0 Å². The lowest BCUT2D eigenvalue weighted by molar-refractivity contribution is 0.0373. The second kappa shape index (κ2) is 8.06. The van der Waals surface area contributed by atoms with Crippen molar-refractivity contribution in [1.29, 1.82) is 0 Å². The quantitative estimate of drug-likeness (QED) is 0.588. The first-order chi connectivity index (χ1) is 8.45. The largest absolute Gasteiger partial charge is 0.379 e. The summed E-state index contributed by atoms with van der Waals surface area (Å²) >= 11 is 0. The molecule has 0 unspecified atom stereocenters. The van der Waals surface area contributed by atoms with Gasteiger partial charge in [-0.3, -0.25) is 4.90 Å². The lowest BCUT2D eigenvalue weighted by atomic mass is 10.1. The summed E-state index contributed by atoms with van der Waals surface area (Å²) in [6, 6.07) is 0.808. The van der Waals surface area contributed by atoms with Gasteiger partial charge >= 0.3 is 0 Å². The van der Waals surface area contributed by atoms with Crippen LogP contribution in [0.2, 0.25) is 0 Å². The van der Waals surface area contributed by atoms with Crippen molar-refractivity contribution in [3.8, 4) is 0 Å². The van der Waals surface area contributed by atoms with Crippen LogP contribution in [0.15, 0.2) is 0 Å². The topological polar surface area (TPSA) is 24.5 Å². The molecule has 0 spiro atoms. The van der Waals surface area contributed by atoms with Gasteiger partial charge in [-0.25, -0.2) is 0 Å². The summed E-state index contributed by atoms with van der Waals surface area (Å²) in [6.45, 7) is 6.55. The van der Waals surface area contributed by atoms with Crippen molar-refractivity contribution in [3.63, 3.8) is 0 Å². The van der Waals surface area contributed by atoms with E-state index in [-0.39, 0.29) is 0 Å². The highest BCUT2D eigenvalue weighted by atomic mass is 16.5. The van der Waals surface area contributed by atoms with E-state index in [4.69, 9.17) is 4.74 Å². The summed E-state index contributed by atoms with van der Waals surface area (Å²) < 4.78 is 5.36. The predicted molar refractivity (Wildman–Crippen MR) is 71.4 cm³/mol. The van der Waals surface area contributed by atoms with E-state index in [1.807, 2.05) is 0 Å². The molecule has 1 N–H and O–H groups in total. The number of rotatable bonds is 5. The third-order valence-electron chi connectivity index (χ3n) is 4.04. The number of morpholine rings is 1. The molecule has 3 nitrogen and oxygen atoms in total. The van der Waals surface area contributed by atoms with Crippen molar-refractivity contribution >= 4 is 0 Å². The predicted octanol–water partition coefficient (Wildman–Crippen LogP) is 2.02. The standard InChI is InChI=1S/C14H28N2O/c1-2-4-7-14(6-3-1)15-8-5-9-16-10-12-17-13-11-16/h14-15H,1-13H2. The van der Waals surface area contributed by atoms with Crippen LogP contribution in [-0.4, -0.2) is 50.3 Å². The Bertz CT molecular complexity index is 185. The molecule has 1 aliphatic heterocycles. The van der Waals surface area contributed by atoms with E-state index in [2.05, 4.69) is 10.2 Å². The van der Waals surface area contributed by atoms with Gasteiger partial charge in [0.15, 0.2) is 0 Å². The molecule has 0 aromatic rings. The average molecular weight is 240 g/mol. The van der Waals surface area contributed by atoms with Gasteiger partial charge in [-0.15, -0.1) is 0 Å². The van der Waals surface area contributed by atoms with Crippen LogP contribution >= 0.6 is 0 Å². The summed E-state index contributed by atoms with van der Waals surface area (Å²) in [4.78, 5) is 2.53. The van der Waals surface area contributed by atoms with Gasteiger partial charge in [0.05, 0.1) is 13.2 Å². The highest BCUT2D eigenvalue weighted by Crippen LogP contribution is 2.17. The Morgan fingerprint density at radius 2 is 1.71 bits per heavy atom. The Morgan fingerprint density at radius 1 is 1.00 bits per heavy atom. The zero-order valence-corrected chi connectivity index (χ0v) is 11.1. The number of nitrogens with zero attached hydrogens (tertiary/aromatic N) is 1. The minimum atomic E-state index is 0.808. The van der Waals surface area contributed by atoms with Crippen molar-refractivity contribution in [2.45, 2.75) is 51.0 Å². The molecule has 2 aliphatic rings. The summed E-state index contributed by atoms with van der Waals surface area (Å²) in [5.74, 6) is 0. The SMILES string of the molecule is C1CCCC(NCCCN2CCOCC2)CC1. The van der Waals surface area contributed by atoms with E-state index in [1.165, 1.54) is 58.0 Å². The molecule has 17 heavy (non-hydrogen) atoms. The van der Waals surface area contributed by atoms with Gasteiger partial charge in [-0.2, -0.15) is 0 Å². The van der Waals surface area contributed by atoms with Crippen LogP contribution in [0.5, 0.6) is 0 Å². The highest BCUT2D eigenvalue weighted by molar-refractivity contribution is 4.71. The second-order valence-corrected chi connectivity index (χ2v) is 5.45. The Kier molecular flexibility index (Phi) is 6.32. The first-order valence-corrected chi connectivity index (χ1v) is 7.48. The fraction of sp³-hybridized carbons (Fsp3) is 1.00. The van der Waals surface area contributed by atoms with E-state index in [0.717, 1.165) is 32.3 Å². The molecule has 0 radical (unpaired) electrons. The van der Waals surface area contributed by atoms with Gasteiger partial charge in [0, 0.05) is 19.1 Å². The maximum absolute atomic E-state index is 5.36. The second-order valence-electron chi connectivity index (χ2n) is 5.45. The number of hydrogen-bond acceptors (Lipinski definition) is 3. The van der Waals surface area contributed by atoms with Crippen molar-refractivity contribution in [1.82, 2.24) is 10.2 Å². The molecule has 2 rings (SSSR count). The molecule has 0 aromatic carbocycles. The van der Waals surface area contributed by atoms with Crippen molar-refractivity contribution < 1.29 is 4.74 Å². The number of hydrogen-bond donors (Lipinski definition) is 1. The molecule has 100 valence electrons. The van der Waals surface area contributed by atoms with Crippen LogP contribution < -0.4 is 5.32 Å². The normalized spacial score (nSPS) is 24.7. The molecule has 1 aliphatic carbocycles. The molecule has 1 saturated heterocycles. The molecule has 0 atom stereocenters. The first kappa shape index (κ1) is 13.3. The molecule has 3 heteroatoms. The fourth-order valence-electron chi connectivity index (χ4n) is 2.92. The molecule has 0 aromatic heterocycles. The van der Waals surface area contributed by atoms with Crippen LogP contribution in [0, 0.1) is 0 Å². The lowest BCUT2D eigenvalue weighted by Gasteiger charge is -2.26. The molecular formula is C14H28N2O. The number of ether oxygens (including phenoxy) is 1. The van der Waals surface area contributed by atoms with Crippen LogP contribution in [0.4, 0.5) is 0 Å². The van der Waals surface area contributed by atoms with Crippen molar-refractivity contribution in [2.24, 2.45) is 0 Å². The molecule has 1 saturated carbocycles. The maximum Gasteiger partial charge on any atom is 0.0594 e. The smallest absolute Gasteiger partial charge is 0.0594 e. The van der Waals surface area contributed by atoms with Gasteiger partial charge in [-0.05, 0) is 32.4 Å². The summed E-state index contributed by atoms with van der Waals surface area (Å²) in [5, 5.41) is 3.74. The van der Waals surface area contributed by atoms with Gasteiger partial charge in [0.1, 0.15) is 0 Å². The fourth-order valence-corrected chi connectivity index (χ4v) is 2.92. The Labute approximate surface area is 106 Å². The maximum atomic E-state index is 5.36. The summed E-state index contributed by atoms with van der Waals surface area (Å²) in [6.07, 6.45) is 9.85. The summed E-state index contributed by atoms with van der Waals surface area (Å²) in [5.41, 5.74) is 0. The first-order valence-electron chi connectivity index (χ1n) is 7.48. The monoisotopic (exact) mass is 240 g/mol.